The summed E-state index contributed by atoms with van der Waals surface area (Å²) >= 11 is 0. The number of aryl methyl sites for hydroxylation is 1. The Kier molecular flexibility index (Phi) is 19.9. The summed E-state index contributed by atoms with van der Waals surface area (Å²) in [5, 5.41) is 28.4. The van der Waals surface area contributed by atoms with Crippen molar-refractivity contribution in [3.63, 3.8) is 0 Å². The number of ether oxygens (including phenoxy) is 1. The van der Waals surface area contributed by atoms with Gasteiger partial charge in [0.15, 0.2) is 29.8 Å². The van der Waals surface area contributed by atoms with E-state index in [0.717, 1.165) is 41.4 Å². The monoisotopic (exact) mass is 1120 g/mol. The maximum atomic E-state index is 13.0. The quantitative estimate of drug-likeness (QED) is 0.0107. The van der Waals surface area contributed by atoms with Crippen molar-refractivity contribution in [3.05, 3.63) is 69.6 Å². The number of carbonyl (C=O) groups excluding carboxylic acids is 1. The second-order valence-corrected chi connectivity index (χ2v) is 23.0. The number of phosphoric acid groups is 3. The fourth-order valence-electron chi connectivity index (χ4n) is 7.98. The van der Waals surface area contributed by atoms with Crippen LogP contribution in [0.3, 0.4) is 0 Å². The van der Waals surface area contributed by atoms with Crippen LogP contribution in [0.25, 0.3) is 33.3 Å². The standard InChI is InChI=1S/C41H58N9O20P3S/c1-2-49(28-13-12-27-23-29(39(55)68-30(27)24-28)26-14-20-48(21-15-26)18-10-22-74(63,64)65)19-9-5-6-11-32(51)43-16-7-3-4-8-17-44-41-45-33-36(46-40(42)47-37(33)54)50(41)38-35(53)34(52)31(67-38)25-66-72(59,60)70-73(61,62)69-71(56,57)58/h12-15,20-21,23-24,31,34-35,38,52-53H,2-11,16-19,22,25H2,1H3,(H9-,42,43,44,45,46,47,51,54,56,57,58,59,60,61,62,63,64,65)/t31-,34-,35-,38-/m1/s1. The van der Waals surface area contributed by atoms with Gasteiger partial charge in [0, 0.05) is 79.6 Å². The highest BCUT2D eigenvalue weighted by Gasteiger charge is 2.48. The van der Waals surface area contributed by atoms with E-state index >= 15 is 0 Å². The van der Waals surface area contributed by atoms with E-state index in [1.54, 1.807) is 35.2 Å². The minimum Gasteiger partial charge on any atom is -0.748 e. The number of fused-ring (bicyclic) bond motifs is 2. The molecule has 0 aliphatic carbocycles. The summed E-state index contributed by atoms with van der Waals surface area (Å²) < 4.78 is 93.8. The minimum atomic E-state index is -5.84. The predicted octanol–water partition coefficient (Wildman–Crippen LogP) is 1.84. The molecule has 2 unspecified atom stereocenters. The number of imidazole rings is 1. The molecule has 0 radical (unpaired) electrons. The number of phosphoric ester groups is 1. The van der Waals surface area contributed by atoms with Gasteiger partial charge in [-0.3, -0.25) is 23.7 Å². The van der Waals surface area contributed by atoms with Crippen LogP contribution in [0.5, 0.6) is 0 Å². The van der Waals surface area contributed by atoms with Crippen molar-refractivity contribution < 1.29 is 88.1 Å². The molecule has 1 aliphatic rings. The lowest BCUT2D eigenvalue weighted by molar-refractivity contribution is -0.696. The number of carbonyl (C=O) groups is 1. The van der Waals surface area contributed by atoms with Crippen molar-refractivity contribution >= 4 is 79.2 Å². The topological polar surface area (TPSA) is 435 Å². The molecule has 1 amide bonds. The van der Waals surface area contributed by atoms with Gasteiger partial charge in [0.05, 0.1) is 22.3 Å². The Bertz CT molecular complexity index is 3140. The van der Waals surface area contributed by atoms with Crippen LogP contribution in [0.1, 0.15) is 70.9 Å². The first kappa shape index (κ1) is 58.3. The maximum absolute atomic E-state index is 13.0. The summed E-state index contributed by atoms with van der Waals surface area (Å²) in [5.41, 5.74) is 6.44. The fraction of sp³-hybridized carbons (Fsp3) is 0.512. The molecule has 6 rings (SSSR count). The van der Waals surface area contributed by atoms with E-state index < -0.39 is 81.7 Å². The third kappa shape index (κ3) is 16.8. The van der Waals surface area contributed by atoms with E-state index in [2.05, 4.69) is 43.6 Å². The van der Waals surface area contributed by atoms with Gasteiger partial charge in [0.25, 0.3) is 5.56 Å². The van der Waals surface area contributed by atoms with Gasteiger partial charge >= 0.3 is 29.1 Å². The average Bonchev–Trinajstić information content (AvgIpc) is 3.80. The summed E-state index contributed by atoms with van der Waals surface area (Å²) in [6.07, 6.45) is 2.10. The average molecular weight is 1120 g/mol. The minimum absolute atomic E-state index is 0.0435. The molecular formula is C41H58N9O20P3S. The molecule has 408 valence electrons. The van der Waals surface area contributed by atoms with Crippen molar-refractivity contribution in [3.8, 4) is 11.1 Å². The Labute approximate surface area is 421 Å². The number of aliphatic hydroxyl groups is 2. The molecule has 5 heterocycles. The van der Waals surface area contributed by atoms with Crippen LogP contribution in [0.2, 0.25) is 0 Å². The molecule has 0 spiro atoms. The maximum Gasteiger partial charge on any atom is 0.490 e. The molecule has 1 aliphatic heterocycles. The second kappa shape index (κ2) is 25.2. The molecule has 0 saturated carbocycles. The number of hydrogen-bond donors (Lipinski definition) is 10. The highest BCUT2D eigenvalue weighted by Crippen LogP contribution is 2.66. The number of hydrogen-bond acceptors (Lipinski definition) is 21. The largest absolute Gasteiger partial charge is 0.748 e. The van der Waals surface area contributed by atoms with Crippen LogP contribution in [-0.4, -0.2) is 125 Å². The zero-order chi connectivity index (χ0) is 54.0. The summed E-state index contributed by atoms with van der Waals surface area (Å²) in [7, 11) is -21.4. The molecule has 33 heteroatoms. The van der Waals surface area contributed by atoms with E-state index in [4.69, 9.17) is 24.7 Å². The Hall–Kier alpha value is -5.00. The molecule has 74 heavy (non-hydrogen) atoms. The lowest BCUT2D eigenvalue weighted by Crippen LogP contribution is -2.34. The Morgan fingerprint density at radius 3 is 2.32 bits per heavy atom. The van der Waals surface area contributed by atoms with E-state index in [-0.39, 0.29) is 41.9 Å². The van der Waals surface area contributed by atoms with Crippen molar-refractivity contribution in [2.24, 2.45) is 0 Å². The van der Waals surface area contributed by atoms with Gasteiger partial charge in [0.2, 0.25) is 17.8 Å². The number of H-pyrrole nitrogens is 1. The molecule has 1 saturated heterocycles. The summed E-state index contributed by atoms with van der Waals surface area (Å²) in [6.45, 7) is 3.45. The number of nitrogen functional groups attached to an aromatic ring is 1. The number of rotatable bonds is 29. The molecule has 1 fully saturated rings. The Morgan fingerprint density at radius 2 is 1.64 bits per heavy atom. The lowest BCUT2D eigenvalue weighted by atomic mass is 10.1. The summed E-state index contributed by atoms with van der Waals surface area (Å²) in [6, 6.07) is 10.9. The molecule has 0 bridgehead atoms. The predicted molar refractivity (Wildman–Crippen MR) is 262 cm³/mol. The smallest absolute Gasteiger partial charge is 0.490 e. The highest BCUT2D eigenvalue weighted by molar-refractivity contribution is 7.85. The number of anilines is 3. The van der Waals surface area contributed by atoms with E-state index in [0.29, 0.717) is 68.4 Å². The molecular weight excluding hydrogens is 1060 g/mol. The Balaban J connectivity index is 0.897. The first-order chi connectivity index (χ1) is 34.8. The number of unbranched alkanes of at least 4 members (excludes halogenated alkanes) is 5. The third-order valence-electron chi connectivity index (χ3n) is 11.5. The molecule has 1 aromatic carbocycles. The van der Waals surface area contributed by atoms with Crippen molar-refractivity contribution in [1.82, 2.24) is 24.8 Å². The van der Waals surface area contributed by atoms with Gasteiger partial charge in [-0.15, -0.1) is 0 Å². The number of nitrogens with two attached hydrogens (primary N) is 1. The number of pyridine rings is 1. The zero-order valence-corrected chi connectivity index (χ0v) is 43.2. The van der Waals surface area contributed by atoms with Gasteiger partial charge in [-0.25, -0.2) is 36.5 Å². The van der Waals surface area contributed by atoms with E-state index in [1.165, 1.54) is 0 Å². The molecule has 5 aromatic rings. The zero-order valence-electron chi connectivity index (χ0n) is 39.7. The van der Waals surface area contributed by atoms with Crippen LogP contribution >= 0.6 is 23.5 Å². The van der Waals surface area contributed by atoms with Gasteiger partial charge in [0.1, 0.15) is 30.4 Å². The van der Waals surface area contributed by atoms with Crippen molar-refractivity contribution in [2.45, 2.75) is 95.8 Å². The normalized spacial score (nSPS) is 18.9. The molecule has 29 nitrogen and oxygen atoms in total. The number of aromatic nitrogens is 5. The van der Waals surface area contributed by atoms with Crippen LogP contribution in [-0.2, 0) is 53.0 Å². The van der Waals surface area contributed by atoms with Gasteiger partial charge < -0.3 is 64.8 Å². The molecule has 6 atom stereocenters. The van der Waals surface area contributed by atoms with Crippen LogP contribution in [0, 0.1) is 0 Å². The van der Waals surface area contributed by atoms with Crippen LogP contribution in [0.4, 0.5) is 17.6 Å². The number of aromatic amines is 1. The first-order valence-electron chi connectivity index (χ1n) is 23.2. The number of amides is 1. The van der Waals surface area contributed by atoms with Crippen molar-refractivity contribution in [1.29, 1.82) is 0 Å². The summed E-state index contributed by atoms with van der Waals surface area (Å²) in [4.78, 5) is 87.9. The van der Waals surface area contributed by atoms with Crippen LogP contribution < -0.4 is 37.0 Å². The van der Waals surface area contributed by atoms with Crippen LogP contribution in [0.15, 0.2) is 62.8 Å². The van der Waals surface area contributed by atoms with Gasteiger partial charge in [-0.05, 0) is 50.8 Å². The first-order valence-corrected chi connectivity index (χ1v) is 29.3. The number of nitrogens with zero attached hydrogens (tertiary/aromatic N) is 5. The summed E-state index contributed by atoms with van der Waals surface area (Å²) in [5.74, 6) is -0.894. The third-order valence-corrected chi connectivity index (χ3v) is 16.1. The Morgan fingerprint density at radius 1 is 0.932 bits per heavy atom. The van der Waals surface area contributed by atoms with Crippen molar-refractivity contribution in [2.75, 3.05) is 54.5 Å². The second-order valence-electron chi connectivity index (χ2n) is 17.1. The number of aliphatic hydroxyl groups excluding tert-OH is 2. The number of benzene rings is 1. The molecule has 4 aromatic heterocycles. The SMILES string of the molecule is CCN(CCCCCC(=O)NCCCCCCNc1nc2c(=O)[nH]c(N)nc2n1[C@@H]1O[C@H](COP(=O)(O)OP(=O)(O)OP(=O)(O)O)[C@@H](O)[C@H]1O)c1ccc2cc(-c3cc[n+](CCCS(=O)(=O)[O-])cc3)c(=O)oc2c1. The lowest BCUT2D eigenvalue weighted by Gasteiger charge is -2.23. The van der Waals surface area contributed by atoms with E-state index in [1.807, 2.05) is 25.1 Å². The fourth-order valence-corrected chi connectivity index (χ4v) is 11.5. The van der Waals surface area contributed by atoms with E-state index in [9.17, 15) is 61.0 Å². The highest BCUT2D eigenvalue weighted by atomic mass is 32.2. The van der Waals surface area contributed by atoms with Gasteiger partial charge in [-0.1, -0.05) is 19.3 Å². The number of nitrogens with one attached hydrogen (secondary N) is 3. The molecule has 11 N–H and O–H groups in total. The van der Waals surface area contributed by atoms with Gasteiger partial charge in [-0.2, -0.15) is 13.6 Å².